The van der Waals surface area contributed by atoms with Crippen molar-refractivity contribution in [3.8, 4) is 0 Å². The lowest BCUT2D eigenvalue weighted by Crippen LogP contribution is -2.47. The molecule has 0 aromatic heterocycles. The molecule has 1 saturated carbocycles. The van der Waals surface area contributed by atoms with E-state index in [2.05, 4.69) is 5.32 Å². The minimum absolute atomic E-state index is 0.0267. The molecule has 1 amide bonds. The maximum absolute atomic E-state index is 13.3. The summed E-state index contributed by atoms with van der Waals surface area (Å²) < 4.78 is 18.8. The Morgan fingerprint density at radius 2 is 1.96 bits per heavy atom. The van der Waals surface area contributed by atoms with Gasteiger partial charge in [0.15, 0.2) is 0 Å². The van der Waals surface area contributed by atoms with Crippen LogP contribution in [0.15, 0.2) is 24.3 Å². The van der Waals surface area contributed by atoms with Crippen molar-refractivity contribution in [2.24, 2.45) is 11.7 Å². The Kier molecular flexibility index (Phi) is 5.51. The number of nitrogens with one attached hydrogen (secondary N) is 1. The van der Waals surface area contributed by atoms with Crippen molar-refractivity contribution in [3.05, 3.63) is 35.6 Å². The summed E-state index contributed by atoms with van der Waals surface area (Å²) >= 11 is 0. The molecule has 0 spiro atoms. The number of halogens is 1. The monoisotopic (exact) mass is 334 g/mol. The van der Waals surface area contributed by atoms with Crippen LogP contribution in [0.5, 0.6) is 0 Å². The zero-order chi connectivity index (χ0) is 17.0. The van der Waals surface area contributed by atoms with Gasteiger partial charge in [-0.05, 0) is 49.8 Å². The summed E-state index contributed by atoms with van der Waals surface area (Å²) in [6, 6.07) is 6.80. The molecule has 2 fully saturated rings. The van der Waals surface area contributed by atoms with Crippen molar-refractivity contribution in [2.45, 2.75) is 50.0 Å². The maximum atomic E-state index is 13.3. The molecule has 1 aromatic carbocycles. The summed E-state index contributed by atoms with van der Waals surface area (Å²) in [4.78, 5) is 12.6. The lowest BCUT2D eigenvalue weighted by Gasteiger charge is -2.38. The first-order chi connectivity index (χ1) is 11.6. The highest BCUT2D eigenvalue weighted by atomic mass is 19.1. The Morgan fingerprint density at radius 1 is 1.25 bits per heavy atom. The Hall–Kier alpha value is -1.46. The second-order valence-corrected chi connectivity index (χ2v) is 7.24. The molecular weight excluding hydrogens is 307 g/mol. The highest BCUT2D eigenvalue weighted by molar-refractivity contribution is 5.79. The van der Waals surface area contributed by atoms with Crippen molar-refractivity contribution < 1.29 is 13.9 Å². The molecule has 0 radical (unpaired) electrons. The van der Waals surface area contributed by atoms with Gasteiger partial charge < -0.3 is 15.8 Å². The van der Waals surface area contributed by atoms with Gasteiger partial charge in [0, 0.05) is 37.1 Å². The van der Waals surface area contributed by atoms with Crippen molar-refractivity contribution >= 4 is 5.91 Å². The Bertz CT molecular complexity index is 555. The Labute approximate surface area is 142 Å². The number of amides is 1. The molecule has 1 aliphatic heterocycles. The molecular formula is C19H27FN2O2. The van der Waals surface area contributed by atoms with Gasteiger partial charge in [0.2, 0.25) is 5.91 Å². The second-order valence-electron chi connectivity index (χ2n) is 7.24. The van der Waals surface area contributed by atoms with E-state index in [4.69, 9.17) is 10.5 Å². The fourth-order valence-corrected chi connectivity index (χ4v) is 4.00. The van der Waals surface area contributed by atoms with Crippen LogP contribution >= 0.6 is 0 Å². The average Bonchev–Trinajstić information content (AvgIpc) is 2.61. The van der Waals surface area contributed by atoms with Crippen LogP contribution in [0.4, 0.5) is 4.39 Å². The van der Waals surface area contributed by atoms with Crippen LogP contribution in [0.3, 0.4) is 0 Å². The van der Waals surface area contributed by atoms with E-state index in [-0.39, 0.29) is 29.1 Å². The van der Waals surface area contributed by atoms with Crippen LogP contribution in [0.25, 0.3) is 0 Å². The molecule has 0 bridgehead atoms. The number of rotatable bonds is 4. The highest BCUT2D eigenvalue weighted by Gasteiger charge is 2.36. The fourth-order valence-electron chi connectivity index (χ4n) is 4.00. The number of benzene rings is 1. The molecule has 3 rings (SSSR count). The van der Waals surface area contributed by atoms with Crippen LogP contribution in [-0.4, -0.2) is 31.7 Å². The van der Waals surface area contributed by atoms with E-state index in [1.807, 2.05) is 12.1 Å². The van der Waals surface area contributed by atoms with E-state index < -0.39 is 0 Å². The van der Waals surface area contributed by atoms with Crippen LogP contribution in [0, 0.1) is 11.7 Å². The Balaban J connectivity index is 1.68. The normalized spacial score (nSPS) is 26.8. The van der Waals surface area contributed by atoms with Crippen LogP contribution in [0.2, 0.25) is 0 Å². The number of hydrogen-bond acceptors (Lipinski definition) is 3. The summed E-state index contributed by atoms with van der Waals surface area (Å²) in [5.74, 6) is -0.0989. The van der Waals surface area contributed by atoms with Gasteiger partial charge in [-0.15, -0.1) is 0 Å². The van der Waals surface area contributed by atoms with Crippen LogP contribution in [-0.2, 0) is 14.9 Å². The van der Waals surface area contributed by atoms with Crippen LogP contribution in [0.1, 0.15) is 44.1 Å². The molecule has 5 heteroatoms. The smallest absolute Gasteiger partial charge is 0.223 e. The minimum Gasteiger partial charge on any atom is -0.381 e. The minimum atomic E-state index is -0.235. The molecule has 1 saturated heterocycles. The van der Waals surface area contributed by atoms with Crippen molar-refractivity contribution in [2.75, 3.05) is 19.8 Å². The van der Waals surface area contributed by atoms with Crippen molar-refractivity contribution in [1.29, 1.82) is 0 Å². The predicted octanol–water partition coefficient (Wildman–Crippen LogP) is 2.51. The van der Waals surface area contributed by atoms with Gasteiger partial charge in [0.25, 0.3) is 0 Å². The zero-order valence-corrected chi connectivity index (χ0v) is 14.1. The molecule has 2 atom stereocenters. The van der Waals surface area contributed by atoms with E-state index in [0.717, 1.165) is 44.1 Å². The lowest BCUT2D eigenvalue weighted by atomic mass is 9.74. The molecule has 132 valence electrons. The SMILES string of the molecule is NC1CCCC(C(=O)NCC2(c3ccc(F)cc3)CCOCC2)C1. The number of hydrogen-bond donors (Lipinski definition) is 2. The zero-order valence-electron chi connectivity index (χ0n) is 14.1. The first-order valence-electron chi connectivity index (χ1n) is 8.96. The van der Waals surface area contributed by atoms with Gasteiger partial charge in [-0.25, -0.2) is 4.39 Å². The fraction of sp³-hybridized carbons (Fsp3) is 0.632. The van der Waals surface area contributed by atoms with Crippen molar-refractivity contribution in [1.82, 2.24) is 5.32 Å². The van der Waals surface area contributed by atoms with Gasteiger partial charge in [-0.2, -0.15) is 0 Å². The molecule has 24 heavy (non-hydrogen) atoms. The lowest BCUT2D eigenvalue weighted by molar-refractivity contribution is -0.126. The topological polar surface area (TPSA) is 64.4 Å². The first-order valence-corrected chi connectivity index (χ1v) is 8.96. The van der Waals surface area contributed by atoms with E-state index in [1.165, 1.54) is 12.1 Å². The summed E-state index contributed by atoms with van der Waals surface area (Å²) in [5, 5.41) is 3.15. The van der Waals surface area contributed by atoms with Gasteiger partial charge in [-0.1, -0.05) is 18.6 Å². The predicted molar refractivity (Wildman–Crippen MR) is 91.1 cm³/mol. The van der Waals surface area contributed by atoms with E-state index >= 15 is 0 Å². The standard InChI is InChI=1S/C19H27FN2O2/c20-16-6-4-15(5-7-16)19(8-10-24-11-9-19)13-22-18(23)14-2-1-3-17(21)12-14/h4-7,14,17H,1-3,8-13,21H2,(H,22,23). The number of carbonyl (C=O) groups excluding carboxylic acids is 1. The van der Waals surface area contributed by atoms with Gasteiger partial charge in [0.05, 0.1) is 0 Å². The molecule has 4 nitrogen and oxygen atoms in total. The third kappa shape index (κ3) is 3.95. The summed E-state index contributed by atoms with van der Waals surface area (Å²) in [7, 11) is 0. The largest absolute Gasteiger partial charge is 0.381 e. The molecule has 1 aromatic rings. The third-order valence-electron chi connectivity index (χ3n) is 5.59. The van der Waals surface area contributed by atoms with Crippen LogP contribution < -0.4 is 11.1 Å². The summed E-state index contributed by atoms with van der Waals surface area (Å²) in [6.45, 7) is 1.91. The molecule has 1 aliphatic carbocycles. The van der Waals surface area contributed by atoms with Gasteiger partial charge in [-0.3, -0.25) is 4.79 Å². The Morgan fingerprint density at radius 3 is 2.62 bits per heavy atom. The molecule has 3 N–H and O–H groups in total. The third-order valence-corrected chi connectivity index (χ3v) is 5.59. The van der Waals surface area contributed by atoms with Gasteiger partial charge in [0.1, 0.15) is 5.82 Å². The number of nitrogens with two attached hydrogens (primary N) is 1. The van der Waals surface area contributed by atoms with E-state index in [9.17, 15) is 9.18 Å². The highest BCUT2D eigenvalue weighted by Crippen LogP contribution is 2.34. The number of carbonyl (C=O) groups is 1. The second kappa shape index (κ2) is 7.62. The van der Waals surface area contributed by atoms with E-state index in [1.54, 1.807) is 0 Å². The first kappa shape index (κ1) is 17.4. The molecule has 1 heterocycles. The van der Waals surface area contributed by atoms with Crippen molar-refractivity contribution in [3.63, 3.8) is 0 Å². The quantitative estimate of drug-likeness (QED) is 0.889. The summed E-state index contributed by atoms with van der Waals surface area (Å²) in [5.41, 5.74) is 6.91. The van der Waals surface area contributed by atoms with Gasteiger partial charge >= 0.3 is 0 Å². The molecule has 2 unspecified atom stereocenters. The number of ether oxygens (including phenoxy) is 1. The van der Waals surface area contributed by atoms with E-state index in [0.29, 0.717) is 19.8 Å². The molecule has 2 aliphatic rings. The maximum Gasteiger partial charge on any atom is 0.223 e. The summed E-state index contributed by atoms with van der Waals surface area (Å²) in [6.07, 6.45) is 5.41. The average molecular weight is 334 g/mol.